The third-order valence-corrected chi connectivity index (χ3v) is 7.10. The molecule has 0 saturated carbocycles. The molecule has 2 aromatic rings. The first-order valence-electron chi connectivity index (χ1n) is 10.5. The number of hydrogen-bond acceptors (Lipinski definition) is 6. The molecule has 0 spiro atoms. The fourth-order valence-electron chi connectivity index (χ4n) is 4.00. The Morgan fingerprint density at radius 2 is 1.63 bits per heavy atom. The number of rotatable bonds is 7. The van der Waals surface area contributed by atoms with Gasteiger partial charge in [0.15, 0.2) is 0 Å². The number of benzene rings is 1. The lowest BCUT2D eigenvalue weighted by molar-refractivity contribution is 0.283. The molecule has 8 heteroatoms. The molecule has 4 rings (SSSR count). The highest BCUT2D eigenvalue weighted by Gasteiger charge is 2.19. The molecule has 1 N–H and O–H groups in total. The fraction of sp³-hybridized carbons (Fsp3) is 0.409. The van der Waals surface area contributed by atoms with Gasteiger partial charge in [0, 0.05) is 51.5 Å². The van der Waals surface area contributed by atoms with Crippen LogP contribution in [0.4, 0.5) is 17.2 Å². The van der Waals surface area contributed by atoms with Gasteiger partial charge in [-0.25, -0.2) is 13.4 Å². The highest BCUT2D eigenvalue weighted by molar-refractivity contribution is 7.92. The molecule has 2 aliphatic heterocycles. The Morgan fingerprint density at radius 1 is 0.933 bits per heavy atom. The minimum Gasteiger partial charge on any atom is -0.372 e. The van der Waals surface area contributed by atoms with Gasteiger partial charge in [-0.1, -0.05) is 6.08 Å². The van der Waals surface area contributed by atoms with E-state index in [0.717, 1.165) is 57.3 Å². The standard InChI is InChI=1S/C22H29N5O2S/c1-2-11-25-14-16-27(17-15-25)22-10-5-19(18-23-22)24-30(28,29)21-8-6-20(7-9-21)26-12-3-4-13-26/h2,5-10,18,24H,1,3-4,11-17H2. The molecule has 160 valence electrons. The summed E-state index contributed by atoms with van der Waals surface area (Å²) in [6.07, 6.45) is 5.89. The van der Waals surface area contributed by atoms with Gasteiger partial charge in [0.25, 0.3) is 10.0 Å². The van der Waals surface area contributed by atoms with E-state index in [1.165, 1.54) is 12.8 Å². The van der Waals surface area contributed by atoms with Gasteiger partial charge >= 0.3 is 0 Å². The van der Waals surface area contributed by atoms with E-state index >= 15 is 0 Å². The topological polar surface area (TPSA) is 68.8 Å². The van der Waals surface area contributed by atoms with E-state index in [1.807, 2.05) is 24.3 Å². The first-order chi connectivity index (χ1) is 14.5. The van der Waals surface area contributed by atoms with E-state index < -0.39 is 10.0 Å². The monoisotopic (exact) mass is 427 g/mol. The quantitative estimate of drug-likeness (QED) is 0.686. The van der Waals surface area contributed by atoms with Crippen molar-refractivity contribution in [1.29, 1.82) is 0 Å². The van der Waals surface area contributed by atoms with Gasteiger partial charge in [0.05, 0.1) is 16.8 Å². The molecule has 0 aliphatic carbocycles. The Balaban J connectivity index is 1.38. The van der Waals surface area contributed by atoms with Crippen LogP contribution >= 0.6 is 0 Å². The first kappa shape index (κ1) is 20.7. The lowest BCUT2D eigenvalue weighted by atomic mass is 10.3. The number of nitrogens with zero attached hydrogens (tertiary/aromatic N) is 4. The van der Waals surface area contributed by atoms with Crippen molar-refractivity contribution >= 4 is 27.2 Å². The number of pyridine rings is 1. The van der Waals surface area contributed by atoms with Crippen molar-refractivity contribution in [1.82, 2.24) is 9.88 Å². The molecule has 0 unspecified atom stereocenters. The van der Waals surface area contributed by atoms with E-state index in [-0.39, 0.29) is 4.90 Å². The second-order valence-electron chi connectivity index (χ2n) is 7.77. The Bertz CT molecular complexity index is 946. The molecular weight excluding hydrogens is 398 g/mol. The molecule has 3 heterocycles. The van der Waals surface area contributed by atoms with Gasteiger partial charge in [-0.05, 0) is 49.2 Å². The maximum absolute atomic E-state index is 12.7. The molecule has 0 atom stereocenters. The van der Waals surface area contributed by atoms with Gasteiger partial charge in [0.2, 0.25) is 0 Å². The Kier molecular flexibility index (Phi) is 6.24. The molecule has 1 aromatic heterocycles. The van der Waals surface area contributed by atoms with Crippen LogP contribution in [0, 0.1) is 0 Å². The van der Waals surface area contributed by atoms with Crippen molar-refractivity contribution in [3.05, 3.63) is 55.3 Å². The summed E-state index contributed by atoms with van der Waals surface area (Å²) in [7, 11) is -3.64. The zero-order chi connectivity index (χ0) is 21.0. The van der Waals surface area contributed by atoms with E-state index in [0.29, 0.717) is 5.69 Å². The van der Waals surface area contributed by atoms with Crippen molar-refractivity contribution < 1.29 is 8.42 Å². The number of hydrogen-bond donors (Lipinski definition) is 1. The van der Waals surface area contributed by atoms with Crippen LogP contribution in [0.5, 0.6) is 0 Å². The highest BCUT2D eigenvalue weighted by atomic mass is 32.2. The van der Waals surface area contributed by atoms with Crippen LogP contribution in [0.1, 0.15) is 12.8 Å². The molecule has 7 nitrogen and oxygen atoms in total. The summed E-state index contributed by atoms with van der Waals surface area (Å²) in [5.41, 5.74) is 1.54. The molecule has 2 saturated heterocycles. The zero-order valence-corrected chi connectivity index (χ0v) is 18.0. The van der Waals surface area contributed by atoms with Gasteiger partial charge < -0.3 is 9.80 Å². The Morgan fingerprint density at radius 3 is 2.23 bits per heavy atom. The third kappa shape index (κ3) is 4.76. The third-order valence-electron chi connectivity index (χ3n) is 5.70. The second-order valence-corrected chi connectivity index (χ2v) is 9.46. The normalized spacial score (nSPS) is 17.9. The van der Waals surface area contributed by atoms with Crippen LogP contribution < -0.4 is 14.5 Å². The number of anilines is 3. The largest absolute Gasteiger partial charge is 0.372 e. The van der Waals surface area contributed by atoms with E-state index in [9.17, 15) is 8.42 Å². The van der Waals surface area contributed by atoms with Crippen LogP contribution in [0.15, 0.2) is 60.1 Å². The highest BCUT2D eigenvalue weighted by Crippen LogP contribution is 2.24. The second kappa shape index (κ2) is 9.06. The Labute approximate surface area is 179 Å². The first-order valence-corrected chi connectivity index (χ1v) is 12.0. The van der Waals surface area contributed by atoms with Crippen LogP contribution in [0.2, 0.25) is 0 Å². The van der Waals surface area contributed by atoms with Gasteiger partial charge in [-0.15, -0.1) is 6.58 Å². The molecule has 0 bridgehead atoms. The maximum atomic E-state index is 12.7. The van der Waals surface area contributed by atoms with Gasteiger partial charge in [-0.2, -0.15) is 0 Å². The van der Waals surface area contributed by atoms with Gasteiger partial charge in [-0.3, -0.25) is 9.62 Å². The predicted octanol–water partition coefficient (Wildman–Crippen LogP) is 2.79. The van der Waals surface area contributed by atoms with Crippen molar-refractivity contribution in [3.63, 3.8) is 0 Å². The smallest absolute Gasteiger partial charge is 0.261 e. The van der Waals surface area contributed by atoms with E-state index in [4.69, 9.17) is 0 Å². The van der Waals surface area contributed by atoms with Crippen LogP contribution in [0.3, 0.4) is 0 Å². The summed E-state index contributed by atoms with van der Waals surface area (Å²) < 4.78 is 28.1. The van der Waals surface area contributed by atoms with Gasteiger partial charge in [0.1, 0.15) is 5.82 Å². The molecule has 2 aliphatic rings. The average molecular weight is 428 g/mol. The molecular formula is C22H29N5O2S. The lowest BCUT2D eigenvalue weighted by Gasteiger charge is -2.34. The van der Waals surface area contributed by atoms with Crippen molar-refractivity contribution in [2.75, 3.05) is 60.3 Å². The summed E-state index contributed by atoms with van der Waals surface area (Å²) in [6.45, 7) is 10.5. The summed E-state index contributed by atoms with van der Waals surface area (Å²) >= 11 is 0. The minimum atomic E-state index is -3.64. The lowest BCUT2D eigenvalue weighted by Crippen LogP contribution is -2.46. The van der Waals surface area contributed by atoms with Crippen LogP contribution in [0.25, 0.3) is 0 Å². The molecule has 30 heavy (non-hydrogen) atoms. The zero-order valence-electron chi connectivity index (χ0n) is 17.2. The van der Waals surface area contributed by atoms with Crippen LogP contribution in [-0.2, 0) is 10.0 Å². The number of nitrogens with one attached hydrogen (secondary N) is 1. The maximum Gasteiger partial charge on any atom is 0.261 e. The number of piperazine rings is 1. The summed E-state index contributed by atoms with van der Waals surface area (Å²) in [5.74, 6) is 0.867. The van der Waals surface area contributed by atoms with Crippen LogP contribution in [-0.4, -0.2) is 64.1 Å². The van der Waals surface area contributed by atoms with Crippen molar-refractivity contribution in [2.45, 2.75) is 17.7 Å². The summed E-state index contributed by atoms with van der Waals surface area (Å²) in [4.78, 5) is 11.6. The Hall–Kier alpha value is -2.58. The SMILES string of the molecule is C=CCN1CCN(c2ccc(NS(=O)(=O)c3ccc(N4CCCC4)cc3)cn2)CC1. The number of aromatic nitrogens is 1. The van der Waals surface area contributed by atoms with Crippen molar-refractivity contribution in [2.24, 2.45) is 0 Å². The summed E-state index contributed by atoms with van der Waals surface area (Å²) in [5, 5.41) is 0. The number of sulfonamides is 1. The summed E-state index contributed by atoms with van der Waals surface area (Å²) in [6, 6.07) is 10.7. The van der Waals surface area contributed by atoms with E-state index in [1.54, 1.807) is 24.4 Å². The predicted molar refractivity (Wildman–Crippen MR) is 122 cm³/mol. The minimum absolute atomic E-state index is 0.257. The fourth-order valence-corrected chi connectivity index (χ4v) is 5.04. The molecule has 2 fully saturated rings. The van der Waals surface area contributed by atoms with E-state index in [2.05, 4.69) is 31.0 Å². The average Bonchev–Trinajstić information content (AvgIpc) is 3.30. The molecule has 0 amide bonds. The molecule has 1 aromatic carbocycles. The molecule has 0 radical (unpaired) electrons. The van der Waals surface area contributed by atoms with Crippen molar-refractivity contribution in [3.8, 4) is 0 Å².